The number of nitrogen functional groups attached to an aromatic ring is 1. The smallest absolute Gasteiger partial charge is 0.162 e. The van der Waals surface area contributed by atoms with Gasteiger partial charge in [0.1, 0.15) is 0 Å². The van der Waals surface area contributed by atoms with Crippen LogP contribution in [0.4, 0.5) is 11.4 Å². The van der Waals surface area contributed by atoms with Gasteiger partial charge in [0.05, 0.1) is 25.6 Å². The number of nitrogens with two attached hydrogens (primary N) is 1. The first-order chi connectivity index (χ1) is 9.88. The van der Waals surface area contributed by atoms with Gasteiger partial charge in [0.15, 0.2) is 11.5 Å². The van der Waals surface area contributed by atoms with Crippen molar-refractivity contribution in [2.24, 2.45) is 5.92 Å². The minimum atomic E-state index is 0.555. The van der Waals surface area contributed by atoms with Gasteiger partial charge in [-0.25, -0.2) is 0 Å². The van der Waals surface area contributed by atoms with E-state index in [9.17, 15) is 0 Å². The van der Waals surface area contributed by atoms with E-state index < -0.39 is 0 Å². The standard InChI is InChI=1S/C16H29N3O2/c1-12(2)11-19(8-7-18(3)4)14-10-16(21-6)15(20-5)9-13(14)17/h9-10,12H,7-8,11,17H2,1-6H3. The van der Waals surface area contributed by atoms with Crippen molar-refractivity contribution in [2.75, 3.05) is 58.6 Å². The van der Waals surface area contributed by atoms with Crippen LogP contribution < -0.4 is 20.1 Å². The Morgan fingerprint density at radius 1 is 1.05 bits per heavy atom. The second kappa shape index (κ2) is 7.98. The number of hydrogen-bond acceptors (Lipinski definition) is 5. The van der Waals surface area contributed by atoms with Gasteiger partial charge in [-0.2, -0.15) is 0 Å². The molecule has 0 unspecified atom stereocenters. The van der Waals surface area contributed by atoms with E-state index in [-0.39, 0.29) is 0 Å². The Kier molecular flexibility index (Phi) is 6.62. The quantitative estimate of drug-likeness (QED) is 0.746. The van der Waals surface area contributed by atoms with E-state index in [0.29, 0.717) is 23.1 Å². The average Bonchev–Trinajstić information content (AvgIpc) is 2.42. The van der Waals surface area contributed by atoms with Crippen LogP contribution in [-0.4, -0.2) is 52.8 Å². The van der Waals surface area contributed by atoms with Crippen molar-refractivity contribution in [3.05, 3.63) is 12.1 Å². The molecule has 0 bridgehead atoms. The summed E-state index contributed by atoms with van der Waals surface area (Å²) in [6.45, 7) is 7.26. The van der Waals surface area contributed by atoms with Crippen molar-refractivity contribution in [2.45, 2.75) is 13.8 Å². The first-order valence-corrected chi connectivity index (χ1v) is 7.30. The summed E-state index contributed by atoms with van der Waals surface area (Å²) in [6.07, 6.45) is 0. The van der Waals surface area contributed by atoms with Gasteiger partial charge < -0.3 is 25.0 Å². The monoisotopic (exact) mass is 295 g/mol. The molecule has 1 rings (SSSR count). The lowest BCUT2D eigenvalue weighted by atomic mass is 10.1. The Bertz CT molecular complexity index is 447. The Hall–Kier alpha value is -1.62. The second-order valence-electron chi connectivity index (χ2n) is 5.91. The van der Waals surface area contributed by atoms with Gasteiger partial charge in [-0.05, 0) is 20.0 Å². The van der Waals surface area contributed by atoms with E-state index >= 15 is 0 Å². The van der Waals surface area contributed by atoms with Crippen LogP contribution in [0.25, 0.3) is 0 Å². The second-order valence-corrected chi connectivity index (χ2v) is 5.91. The van der Waals surface area contributed by atoms with E-state index in [4.69, 9.17) is 15.2 Å². The molecule has 0 atom stereocenters. The molecule has 21 heavy (non-hydrogen) atoms. The van der Waals surface area contributed by atoms with Crippen molar-refractivity contribution >= 4 is 11.4 Å². The zero-order chi connectivity index (χ0) is 16.0. The van der Waals surface area contributed by atoms with Crippen LogP contribution in [0.15, 0.2) is 12.1 Å². The number of rotatable bonds is 8. The van der Waals surface area contributed by atoms with E-state index in [0.717, 1.165) is 25.3 Å². The van der Waals surface area contributed by atoms with Crippen molar-refractivity contribution in [3.8, 4) is 11.5 Å². The summed E-state index contributed by atoms with van der Waals surface area (Å²) in [4.78, 5) is 4.48. The fourth-order valence-electron chi connectivity index (χ4n) is 2.23. The van der Waals surface area contributed by atoms with Crippen LogP contribution in [-0.2, 0) is 0 Å². The van der Waals surface area contributed by atoms with E-state index in [2.05, 4.69) is 37.7 Å². The summed E-state index contributed by atoms with van der Waals surface area (Å²) < 4.78 is 10.7. The SMILES string of the molecule is COc1cc(N)c(N(CCN(C)C)CC(C)C)cc1OC. The maximum absolute atomic E-state index is 6.21. The van der Waals surface area contributed by atoms with Crippen LogP contribution in [0.3, 0.4) is 0 Å². The highest BCUT2D eigenvalue weighted by Crippen LogP contribution is 2.37. The summed E-state index contributed by atoms with van der Waals surface area (Å²) in [5.74, 6) is 1.93. The number of nitrogens with zero attached hydrogens (tertiary/aromatic N) is 2. The molecule has 0 saturated carbocycles. The first kappa shape index (κ1) is 17.4. The molecule has 0 aliphatic carbocycles. The highest BCUT2D eigenvalue weighted by atomic mass is 16.5. The lowest BCUT2D eigenvalue weighted by Crippen LogP contribution is -2.34. The lowest BCUT2D eigenvalue weighted by Gasteiger charge is -2.29. The van der Waals surface area contributed by atoms with Gasteiger partial charge in [0.2, 0.25) is 0 Å². The summed E-state index contributed by atoms with van der Waals surface area (Å²) in [5, 5.41) is 0. The molecule has 5 nitrogen and oxygen atoms in total. The highest BCUT2D eigenvalue weighted by Gasteiger charge is 2.16. The molecule has 0 saturated heterocycles. The molecule has 0 amide bonds. The lowest BCUT2D eigenvalue weighted by molar-refractivity contribution is 0.355. The maximum Gasteiger partial charge on any atom is 0.162 e. The fourth-order valence-corrected chi connectivity index (χ4v) is 2.23. The molecule has 0 heterocycles. The molecule has 1 aromatic carbocycles. The summed E-state index contributed by atoms with van der Waals surface area (Å²) in [5.41, 5.74) is 7.93. The third-order valence-electron chi connectivity index (χ3n) is 3.28. The Balaban J connectivity index is 3.10. The Labute approximate surface area is 128 Å². The Morgan fingerprint density at radius 3 is 2.10 bits per heavy atom. The van der Waals surface area contributed by atoms with Crippen LogP contribution in [0, 0.1) is 5.92 Å². The fraction of sp³-hybridized carbons (Fsp3) is 0.625. The highest BCUT2D eigenvalue weighted by molar-refractivity contribution is 5.73. The van der Waals surface area contributed by atoms with Gasteiger partial charge in [0.25, 0.3) is 0 Å². The molecule has 0 spiro atoms. The molecular formula is C16H29N3O2. The van der Waals surface area contributed by atoms with E-state index in [1.807, 2.05) is 12.1 Å². The van der Waals surface area contributed by atoms with Crippen LogP contribution in [0.2, 0.25) is 0 Å². The molecule has 1 aromatic rings. The van der Waals surface area contributed by atoms with Gasteiger partial charge >= 0.3 is 0 Å². The first-order valence-electron chi connectivity index (χ1n) is 7.30. The number of anilines is 2. The van der Waals surface area contributed by atoms with Crippen LogP contribution in [0.5, 0.6) is 11.5 Å². The molecule has 0 aromatic heterocycles. The minimum absolute atomic E-state index is 0.555. The Morgan fingerprint density at radius 2 is 1.62 bits per heavy atom. The van der Waals surface area contributed by atoms with Gasteiger partial charge in [-0.3, -0.25) is 0 Å². The summed E-state index contributed by atoms with van der Waals surface area (Å²) >= 11 is 0. The predicted molar refractivity (Wildman–Crippen MR) is 89.6 cm³/mol. The molecule has 0 aliphatic heterocycles. The normalized spacial score (nSPS) is 11.0. The molecule has 120 valence electrons. The summed E-state index contributed by atoms with van der Waals surface area (Å²) in [7, 11) is 7.41. The van der Waals surface area contributed by atoms with E-state index in [1.54, 1.807) is 14.2 Å². The average molecular weight is 295 g/mol. The summed E-state index contributed by atoms with van der Waals surface area (Å²) in [6, 6.07) is 3.80. The number of methoxy groups -OCH3 is 2. The molecule has 0 fully saturated rings. The molecule has 0 aliphatic rings. The van der Waals surface area contributed by atoms with Gasteiger partial charge in [0, 0.05) is 31.8 Å². The van der Waals surface area contributed by atoms with Crippen molar-refractivity contribution in [1.82, 2.24) is 4.90 Å². The van der Waals surface area contributed by atoms with Crippen LogP contribution in [0.1, 0.15) is 13.8 Å². The third-order valence-corrected chi connectivity index (χ3v) is 3.28. The van der Waals surface area contributed by atoms with Crippen molar-refractivity contribution < 1.29 is 9.47 Å². The van der Waals surface area contributed by atoms with Crippen molar-refractivity contribution in [3.63, 3.8) is 0 Å². The number of benzene rings is 1. The molecule has 5 heteroatoms. The predicted octanol–water partition coefficient (Wildman–Crippen LogP) is 2.31. The largest absolute Gasteiger partial charge is 0.493 e. The van der Waals surface area contributed by atoms with E-state index in [1.165, 1.54) is 0 Å². The number of hydrogen-bond donors (Lipinski definition) is 1. The number of ether oxygens (including phenoxy) is 2. The van der Waals surface area contributed by atoms with Crippen molar-refractivity contribution in [1.29, 1.82) is 0 Å². The molecule has 2 N–H and O–H groups in total. The topological polar surface area (TPSA) is 51.0 Å². The number of likely N-dealkylation sites (N-methyl/N-ethyl adjacent to an activating group) is 1. The van der Waals surface area contributed by atoms with Gasteiger partial charge in [-0.15, -0.1) is 0 Å². The van der Waals surface area contributed by atoms with Crippen LogP contribution >= 0.6 is 0 Å². The molecule has 0 radical (unpaired) electrons. The zero-order valence-electron chi connectivity index (χ0n) is 14.1. The third kappa shape index (κ3) is 5.01. The molecular weight excluding hydrogens is 266 g/mol. The minimum Gasteiger partial charge on any atom is -0.493 e. The van der Waals surface area contributed by atoms with Gasteiger partial charge in [-0.1, -0.05) is 13.8 Å². The zero-order valence-corrected chi connectivity index (χ0v) is 14.1. The maximum atomic E-state index is 6.21.